The third kappa shape index (κ3) is 6.66. The van der Waals surface area contributed by atoms with Crippen molar-refractivity contribution in [2.24, 2.45) is 10.7 Å². The molecule has 0 radical (unpaired) electrons. The van der Waals surface area contributed by atoms with E-state index in [0.29, 0.717) is 18.8 Å². The number of nitrogens with zero attached hydrogens (tertiary/aromatic N) is 1. The fourth-order valence-electron chi connectivity index (χ4n) is 1.60. The molecule has 1 rings (SSSR count). The first-order valence-corrected chi connectivity index (χ1v) is 7.13. The van der Waals surface area contributed by atoms with Crippen molar-refractivity contribution in [3.8, 4) is 11.8 Å². The molecular formula is C16H17ClF3N3. The molecular weight excluding hydrogens is 327 g/mol. The van der Waals surface area contributed by atoms with Crippen LogP contribution in [0.5, 0.6) is 0 Å². The van der Waals surface area contributed by atoms with Crippen LogP contribution >= 0.6 is 11.6 Å². The molecule has 3 nitrogen and oxygen atoms in total. The van der Waals surface area contributed by atoms with Crippen LogP contribution in [0.4, 0.5) is 13.2 Å². The summed E-state index contributed by atoms with van der Waals surface area (Å²) in [6, 6.07) is 3.50. The molecule has 1 aromatic rings. The molecule has 0 aliphatic carbocycles. The normalized spacial score (nSPS) is 12.6. The maximum atomic E-state index is 12.9. The van der Waals surface area contributed by atoms with E-state index in [-0.39, 0.29) is 10.6 Å². The number of hydrogen-bond acceptors (Lipinski definition) is 2. The maximum Gasteiger partial charge on any atom is 0.417 e. The minimum atomic E-state index is -4.49. The van der Waals surface area contributed by atoms with Crippen LogP contribution < -0.4 is 11.1 Å². The fourth-order valence-corrected chi connectivity index (χ4v) is 1.77. The molecule has 0 aromatic heterocycles. The van der Waals surface area contributed by atoms with E-state index < -0.39 is 11.7 Å². The Morgan fingerprint density at radius 3 is 2.74 bits per heavy atom. The van der Waals surface area contributed by atoms with Crippen molar-refractivity contribution in [1.29, 1.82) is 0 Å². The van der Waals surface area contributed by atoms with Crippen molar-refractivity contribution in [2.45, 2.75) is 19.5 Å². The summed E-state index contributed by atoms with van der Waals surface area (Å²) in [6.07, 6.45) is -2.53. The second-order valence-corrected chi connectivity index (χ2v) is 5.06. The number of nitrogens with two attached hydrogens (primary N) is 1. The number of rotatable bonds is 4. The highest BCUT2D eigenvalue weighted by molar-refractivity contribution is 6.30. The molecule has 23 heavy (non-hydrogen) atoms. The van der Waals surface area contributed by atoms with Gasteiger partial charge in [-0.25, -0.2) is 0 Å². The summed E-state index contributed by atoms with van der Waals surface area (Å²) < 4.78 is 38.7. The van der Waals surface area contributed by atoms with Gasteiger partial charge >= 0.3 is 6.18 Å². The summed E-state index contributed by atoms with van der Waals surface area (Å²) in [5, 5.41) is 2.92. The summed E-state index contributed by atoms with van der Waals surface area (Å²) in [5.41, 5.74) is 5.57. The zero-order chi connectivity index (χ0) is 17.5. The van der Waals surface area contributed by atoms with E-state index in [2.05, 4.69) is 22.2 Å². The zero-order valence-electron chi connectivity index (χ0n) is 12.8. The molecule has 124 valence electrons. The Morgan fingerprint density at radius 2 is 2.13 bits per heavy atom. The number of nitrogens with one attached hydrogen (secondary N) is 1. The lowest BCUT2D eigenvalue weighted by molar-refractivity contribution is -0.137. The molecule has 0 spiro atoms. The summed E-state index contributed by atoms with van der Waals surface area (Å²) in [7, 11) is 1.76. The van der Waals surface area contributed by atoms with Crippen molar-refractivity contribution >= 4 is 17.4 Å². The predicted octanol–water partition coefficient (Wildman–Crippen LogP) is 3.58. The minimum absolute atomic E-state index is 0.0203. The smallest absolute Gasteiger partial charge is 0.392 e. The van der Waals surface area contributed by atoms with Crippen LogP contribution in [0.2, 0.25) is 5.02 Å². The molecule has 7 heteroatoms. The molecule has 1 aromatic carbocycles. The molecule has 3 N–H and O–H groups in total. The second-order valence-electron chi connectivity index (χ2n) is 4.62. The molecule has 0 aliphatic rings. The van der Waals surface area contributed by atoms with Gasteiger partial charge in [0, 0.05) is 29.8 Å². The number of halogens is 4. The highest BCUT2D eigenvalue weighted by atomic mass is 35.5. The molecule has 0 atom stereocenters. The fraction of sp³-hybridized carbons (Fsp3) is 0.312. The predicted molar refractivity (Wildman–Crippen MR) is 87.3 cm³/mol. The lowest BCUT2D eigenvalue weighted by Gasteiger charge is -2.09. The van der Waals surface area contributed by atoms with Gasteiger partial charge in [0.25, 0.3) is 0 Å². The van der Waals surface area contributed by atoms with Crippen LogP contribution in [0.3, 0.4) is 0 Å². The van der Waals surface area contributed by atoms with Crippen molar-refractivity contribution in [3.63, 3.8) is 0 Å². The van der Waals surface area contributed by atoms with Gasteiger partial charge in [-0.2, -0.15) is 13.2 Å². The highest BCUT2D eigenvalue weighted by Crippen LogP contribution is 2.33. The van der Waals surface area contributed by atoms with E-state index >= 15 is 0 Å². The lowest BCUT2D eigenvalue weighted by Crippen LogP contribution is -2.13. The van der Waals surface area contributed by atoms with Crippen LogP contribution in [0.15, 0.2) is 35.0 Å². The topological polar surface area (TPSA) is 50.4 Å². The van der Waals surface area contributed by atoms with Gasteiger partial charge in [0.2, 0.25) is 0 Å². The maximum absolute atomic E-state index is 12.9. The Labute approximate surface area is 138 Å². The molecule has 0 aliphatic heterocycles. The van der Waals surface area contributed by atoms with Crippen LogP contribution in [-0.2, 0) is 6.18 Å². The van der Waals surface area contributed by atoms with Crippen molar-refractivity contribution in [3.05, 3.63) is 46.1 Å². The van der Waals surface area contributed by atoms with Gasteiger partial charge in [-0.05, 0) is 31.2 Å². The Hall–Kier alpha value is -2.13. The van der Waals surface area contributed by atoms with Crippen LogP contribution in [0.1, 0.15) is 24.5 Å². The molecule has 0 fully saturated rings. The average Bonchev–Trinajstić information content (AvgIpc) is 2.47. The van der Waals surface area contributed by atoms with Gasteiger partial charge < -0.3 is 11.1 Å². The molecule has 0 bridgehead atoms. The number of benzene rings is 1. The Kier molecular flexibility index (Phi) is 6.98. The minimum Gasteiger partial charge on any atom is -0.392 e. The molecule has 0 heterocycles. The van der Waals surface area contributed by atoms with Crippen LogP contribution in [0.25, 0.3) is 0 Å². The summed E-state index contributed by atoms with van der Waals surface area (Å²) >= 11 is 5.60. The van der Waals surface area contributed by atoms with E-state index in [0.717, 1.165) is 11.8 Å². The van der Waals surface area contributed by atoms with E-state index in [9.17, 15) is 13.2 Å². The largest absolute Gasteiger partial charge is 0.417 e. The average molecular weight is 344 g/mol. The Bertz CT molecular complexity index is 667. The quantitative estimate of drug-likeness (QED) is 0.380. The van der Waals surface area contributed by atoms with E-state index in [1.165, 1.54) is 12.1 Å². The summed E-state index contributed by atoms with van der Waals surface area (Å²) in [5.74, 6) is 5.50. The van der Waals surface area contributed by atoms with Crippen molar-refractivity contribution in [2.75, 3.05) is 13.6 Å². The van der Waals surface area contributed by atoms with Crippen LogP contribution in [0, 0.1) is 11.8 Å². The summed E-state index contributed by atoms with van der Waals surface area (Å²) in [6.45, 7) is 2.14. The molecule has 0 saturated carbocycles. The van der Waals surface area contributed by atoms with Gasteiger partial charge in [-0.3, -0.25) is 4.99 Å². The lowest BCUT2D eigenvalue weighted by atomic mass is 10.1. The van der Waals surface area contributed by atoms with E-state index in [1.54, 1.807) is 13.1 Å². The van der Waals surface area contributed by atoms with Gasteiger partial charge in [-0.15, -0.1) is 0 Å². The Balaban J connectivity index is 2.77. The van der Waals surface area contributed by atoms with Crippen LogP contribution in [-0.4, -0.2) is 19.4 Å². The van der Waals surface area contributed by atoms with E-state index in [4.69, 9.17) is 17.3 Å². The van der Waals surface area contributed by atoms with Gasteiger partial charge in [0.1, 0.15) is 5.84 Å². The van der Waals surface area contributed by atoms with Crippen molar-refractivity contribution < 1.29 is 13.2 Å². The summed E-state index contributed by atoms with van der Waals surface area (Å²) in [4.78, 5) is 4.06. The van der Waals surface area contributed by atoms with E-state index in [1.807, 2.05) is 6.92 Å². The standard InChI is InChI=1S/C16H17ClF3N3/c1-11(22-2)9-15(21)23-8-4-3-5-12-6-7-13(17)10-14(12)16(18,19)20/h6-7,9-10,22H,4,8H2,1-2H3,(H2,21,23)/b11-9-. The van der Waals surface area contributed by atoms with Crippen molar-refractivity contribution in [1.82, 2.24) is 5.32 Å². The first-order chi connectivity index (χ1) is 10.7. The third-order valence-corrected chi connectivity index (χ3v) is 3.04. The highest BCUT2D eigenvalue weighted by Gasteiger charge is 2.33. The molecule has 0 amide bonds. The number of amidine groups is 1. The first-order valence-electron chi connectivity index (χ1n) is 6.75. The monoisotopic (exact) mass is 343 g/mol. The van der Waals surface area contributed by atoms with Gasteiger partial charge in [0.05, 0.1) is 12.1 Å². The molecule has 0 saturated heterocycles. The second kappa shape index (κ2) is 8.49. The number of aliphatic imine (C=N–C) groups is 1. The first kappa shape index (κ1) is 18.9. The number of allylic oxidation sites excluding steroid dienone is 1. The Morgan fingerprint density at radius 1 is 1.43 bits per heavy atom. The SMILES string of the molecule is CN/C(C)=C\C(N)=NCCC#Cc1ccc(Cl)cc1C(F)(F)F. The third-order valence-electron chi connectivity index (χ3n) is 2.80. The number of alkyl halides is 3. The van der Waals surface area contributed by atoms with Gasteiger partial charge in [-0.1, -0.05) is 23.4 Å². The number of hydrogen-bond donors (Lipinski definition) is 2. The zero-order valence-corrected chi connectivity index (χ0v) is 13.5. The van der Waals surface area contributed by atoms with Gasteiger partial charge in [0.15, 0.2) is 0 Å². The molecule has 0 unspecified atom stereocenters.